The van der Waals surface area contributed by atoms with E-state index in [4.69, 9.17) is 0 Å². The van der Waals surface area contributed by atoms with Crippen LogP contribution >= 0.6 is 11.3 Å². The topological polar surface area (TPSA) is 68.3 Å². The molecule has 94 valence electrons. The number of unbranched alkanes of at least 4 members (excludes halogenated alkanes) is 1. The van der Waals surface area contributed by atoms with Crippen molar-refractivity contribution >= 4 is 28.2 Å². The first-order chi connectivity index (χ1) is 8.10. The molecule has 17 heavy (non-hydrogen) atoms. The van der Waals surface area contributed by atoms with Gasteiger partial charge < -0.3 is 10.1 Å². The summed E-state index contributed by atoms with van der Waals surface area (Å²) in [5.41, 5.74) is 0.101. The van der Waals surface area contributed by atoms with Crippen molar-refractivity contribution in [1.82, 2.24) is 4.98 Å². The summed E-state index contributed by atoms with van der Waals surface area (Å²) < 4.78 is 4.59. The zero-order valence-corrected chi connectivity index (χ0v) is 11.0. The van der Waals surface area contributed by atoms with Crippen LogP contribution in [0.1, 0.15) is 46.8 Å². The van der Waals surface area contributed by atoms with Crippen molar-refractivity contribution in [2.24, 2.45) is 0 Å². The van der Waals surface area contributed by atoms with E-state index in [1.165, 1.54) is 25.4 Å². The number of methoxy groups -OCH3 is 1. The molecule has 1 rings (SSSR count). The normalized spacial score (nSPS) is 10.1. The van der Waals surface area contributed by atoms with Gasteiger partial charge in [-0.05, 0) is 6.42 Å². The lowest BCUT2D eigenvalue weighted by Gasteiger charge is -1.98. The minimum Gasteiger partial charge on any atom is -0.464 e. The zero-order chi connectivity index (χ0) is 12.8. The van der Waals surface area contributed by atoms with Gasteiger partial charge in [0.05, 0.1) is 7.11 Å². The lowest BCUT2D eigenvalue weighted by atomic mass is 10.3. The average Bonchev–Trinajstić information content (AvgIpc) is 2.73. The highest BCUT2D eigenvalue weighted by atomic mass is 32.1. The van der Waals surface area contributed by atoms with Crippen LogP contribution in [0.2, 0.25) is 0 Å². The van der Waals surface area contributed by atoms with Crippen LogP contribution in [0, 0.1) is 0 Å². The summed E-state index contributed by atoms with van der Waals surface area (Å²) in [6, 6.07) is 0. The first kappa shape index (κ1) is 13.6. The van der Waals surface area contributed by atoms with Crippen molar-refractivity contribution in [3.05, 3.63) is 10.6 Å². The monoisotopic (exact) mass is 256 g/mol. The Bertz CT molecular complexity index is 415. The van der Waals surface area contributed by atoms with Gasteiger partial charge in [-0.25, -0.2) is 9.78 Å². The predicted octanol–water partition coefficient (Wildman–Crippen LogP) is 2.34. The fourth-order valence-corrected chi connectivity index (χ4v) is 2.12. The number of hydrogen-bond donors (Lipinski definition) is 1. The third-order valence-electron chi connectivity index (χ3n) is 2.13. The number of carbonyl (C=O) groups is 2. The van der Waals surface area contributed by atoms with Crippen LogP contribution < -0.4 is 5.32 Å². The number of thiazole rings is 1. The van der Waals surface area contributed by atoms with Gasteiger partial charge in [-0.2, -0.15) is 0 Å². The molecule has 0 aliphatic carbocycles. The number of nitrogens with zero attached hydrogens (tertiary/aromatic N) is 1. The Morgan fingerprint density at radius 3 is 2.71 bits per heavy atom. The minimum absolute atomic E-state index is 0.101. The summed E-state index contributed by atoms with van der Waals surface area (Å²) in [5, 5.41) is 3.67. The number of Topliss-reactive ketones (excluding diaryl/α,β-unsaturated/α-hetero) is 1. The molecule has 1 aromatic rings. The van der Waals surface area contributed by atoms with Crippen LogP contribution in [0.15, 0.2) is 0 Å². The van der Waals surface area contributed by atoms with Crippen LogP contribution in [0.25, 0.3) is 0 Å². The third-order valence-corrected chi connectivity index (χ3v) is 3.25. The number of aromatic nitrogens is 1. The van der Waals surface area contributed by atoms with Gasteiger partial charge in [-0.1, -0.05) is 24.7 Å². The Labute approximate surface area is 104 Å². The maximum absolute atomic E-state index is 11.4. The summed E-state index contributed by atoms with van der Waals surface area (Å²) in [6.07, 6.45) is 2.09. The van der Waals surface area contributed by atoms with Gasteiger partial charge in [-0.15, -0.1) is 0 Å². The maximum Gasteiger partial charge on any atom is 0.358 e. The largest absolute Gasteiger partial charge is 0.464 e. The van der Waals surface area contributed by atoms with Crippen molar-refractivity contribution in [3.8, 4) is 0 Å². The molecule has 0 unspecified atom stereocenters. The number of ether oxygens (including phenoxy) is 1. The molecule has 0 fully saturated rings. The minimum atomic E-state index is -0.574. The van der Waals surface area contributed by atoms with Crippen LogP contribution in [0.4, 0.5) is 5.13 Å². The summed E-state index contributed by atoms with van der Waals surface area (Å²) in [6.45, 7) is 4.28. The van der Waals surface area contributed by atoms with Crippen LogP contribution in [-0.2, 0) is 4.74 Å². The highest BCUT2D eigenvalue weighted by Crippen LogP contribution is 2.24. The van der Waals surface area contributed by atoms with E-state index < -0.39 is 5.97 Å². The molecule has 0 aliphatic rings. The molecule has 0 aliphatic heterocycles. The molecule has 1 N–H and O–H groups in total. The Morgan fingerprint density at radius 1 is 1.47 bits per heavy atom. The smallest absolute Gasteiger partial charge is 0.358 e. The quantitative estimate of drug-likeness (QED) is 0.480. The first-order valence-corrected chi connectivity index (χ1v) is 6.25. The molecule has 0 spiro atoms. The van der Waals surface area contributed by atoms with E-state index in [2.05, 4.69) is 22.0 Å². The van der Waals surface area contributed by atoms with Gasteiger partial charge in [0.1, 0.15) is 4.88 Å². The average molecular weight is 256 g/mol. The SMILES string of the molecule is CCCCNc1nc(C(=O)OC)c(C(C)=O)s1. The standard InChI is InChI=1S/C11H16N2O3S/c1-4-5-6-12-11-13-8(10(15)16-3)9(17-11)7(2)14/h4-6H2,1-3H3,(H,12,13). The number of rotatable bonds is 6. The molecular formula is C11H16N2O3S. The molecule has 6 heteroatoms. The molecule has 1 aromatic heterocycles. The second kappa shape index (κ2) is 6.34. The summed E-state index contributed by atoms with van der Waals surface area (Å²) in [7, 11) is 1.27. The number of esters is 1. The van der Waals surface area contributed by atoms with Gasteiger partial charge >= 0.3 is 5.97 Å². The van der Waals surface area contributed by atoms with E-state index in [0.29, 0.717) is 10.0 Å². The fourth-order valence-electron chi connectivity index (χ4n) is 1.24. The molecular weight excluding hydrogens is 240 g/mol. The van der Waals surface area contributed by atoms with E-state index >= 15 is 0 Å². The number of carbonyl (C=O) groups excluding carboxylic acids is 2. The van der Waals surface area contributed by atoms with Crippen molar-refractivity contribution in [2.45, 2.75) is 26.7 Å². The van der Waals surface area contributed by atoms with Gasteiger partial charge in [-0.3, -0.25) is 4.79 Å². The molecule has 0 aromatic carbocycles. The molecule has 0 bridgehead atoms. The molecule has 0 saturated heterocycles. The highest BCUT2D eigenvalue weighted by molar-refractivity contribution is 7.17. The predicted molar refractivity (Wildman–Crippen MR) is 66.9 cm³/mol. The number of ketones is 1. The Balaban J connectivity index is 2.88. The lowest BCUT2D eigenvalue weighted by Crippen LogP contribution is -2.07. The van der Waals surface area contributed by atoms with Crippen molar-refractivity contribution in [3.63, 3.8) is 0 Å². The fraction of sp³-hybridized carbons (Fsp3) is 0.545. The number of nitrogens with one attached hydrogen (secondary N) is 1. The summed E-state index contributed by atoms with van der Waals surface area (Å²) in [5.74, 6) is -0.749. The number of hydrogen-bond acceptors (Lipinski definition) is 6. The Hall–Kier alpha value is -1.43. The van der Waals surface area contributed by atoms with Gasteiger partial charge in [0.25, 0.3) is 0 Å². The highest BCUT2D eigenvalue weighted by Gasteiger charge is 2.21. The number of anilines is 1. The summed E-state index contributed by atoms with van der Waals surface area (Å²) >= 11 is 1.19. The van der Waals surface area contributed by atoms with E-state index in [9.17, 15) is 9.59 Å². The van der Waals surface area contributed by atoms with E-state index in [1.807, 2.05) is 0 Å². The molecule has 0 saturated carbocycles. The van der Waals surface area contributed by atoms with Crippen molar-refractivity contribution in [2.75, 3.05) is 19.0 Å². The summed E-state index contributed by atoms with van der Waals surface area (Å²) in [4.78, 5) is 27.2. The van der Waals surface area contributed by atoms with Crippen molar-refractivity contribution < 1.29 is 14.3 Å². The molecule has 0 atom stereocenters. The van der Waals surface area contributed by atoms with Gasteiger partial charge in [0.15, 0.2) is 16.6 Å². The van der Waals surface area contributed by atoms with Crippen LogP contribution in [-0.4, -0.2) is 30.4 Å². The Morgan fingerprint density at radius 2 is 2.18 bits per heavy atom. The maximum atomic E-state index is 11.4. The first-order valence-electron chi connectivity index (χ1n) is 5.44. The second-order valence-corrected chi connectivity index (χ2v) is 4.52. The van der Waals surface area contributed by atoms with E-state index in [1.54, 1.807) is 0 Å². The molecule has 1 heterocycles. The van der Waals surface area contributed by atoms with E-state index in [-0.39, 0.29) is 11.5 Å². The van der Waals surface area contributed by atoms with Crippen LogP contribution in [0.3, 0.4) is 0 Å². The molecule has 0 amide bonds. The Kier molecular flexibility index (Phi) is 5.09. The molecule has 0 radical (unpaired) electrons. The third kappa shape index (κ3) is 3.52. The lowest BCUT2D eigenvalue weighted by molar-refractivity contribution is 0.0591. The van der Waals surface area contributed by atoms with E-state index in [0.717, 1.165) is 19.4 Å². The molecule has 5 nitrogen and oxygen atoms in total. The van der Waals surface area contributed by atoms with Gasteiger partial charge in [0, 0.05) is 13.5 Å². The van der Waals surface area contributed by atoms with Gasteiger partial charge in [0.2, 0.25) is 0 Å². The van der Waals surface area contributed by atoms with Crippen molar-refractivity contribution in [1.29, 1.82) is 0 Å². The second-order valence-electron chi connectivity index (χ2n) is 3.52. The zero-order valence-electron chi connectivity index (χ0n) is 10.2. The van der Waals surface area contributed by atoms with Crippen LogP contribution in [0.5, 0.6) is 0 Å².